The molecule has 454 valence electrons. The fourth-order valence-corrected chi connectivity index (χ4v) is 11.3. The molecule has 10 heteroatoms. The second kappa shape index (κ2) is 24.3. The van der Waals surface area contributed by atoms with Crippen LogP contribution in [0.1, 0.15) is 137 Å². The van der Waals surface area contributed by atoms with Crippen molar-refractivity contribution in [1.29, 1.82) is 0 Å². The van der Waals surface area contributed by atoms with E-state index in [1.807, 2.05) is 140 Å². The van der Waals surface area contributed by atoms with Crippen LogP contribution < -0.4 is 0 Å². The molecule has 0 saturated heterocycles. The van der Waals surface area contributed by atoms with Crippen LogP contribution in [0.3, 0.4) is 0 Å². The van der Waals surface area contributed by atoms with Gasteiger partial charge in [0.15, 0.2) is 23.3 Å². The van der Waals surface area contributed by atoms with Crippen LogP contribution in [0.5, 0.6) is 0 Å². The second-order valence-corrected chi connectivity index (χ2v) is 27.8. The molecule has 0 atom stereocenters. The van der Waals surface area contributed by atoms with E-state index >= 15 is 0 Å². The Labute approximate surface area is 534 Å². The maximum absolute atomic E-state index is 14.2. The molecule has 0 N–H and O–H groups in total. The van der Waals surface area contributed by atoms with Crippen molar-refractivity contribution in [2.24, 2.45) is 0 Å². The second-order valence-electron chi connectivity index (χ2n) is 27.8. The van der Waals surface area contributed by atoms with Gasteiger partial charge in [-0.1, -0.05) is 223 Å². The molecule has 0 aliphatic heterocycles. The molecule has 0 unspecified atom stereocenters. The Bertz CT molecular complexity index is 4370. The van der Waals surface area contributed by atoms with Gasteiger partial charge in [0.1, 0.15) is 13.2 Å². The van der Waals surface area contributed by atoms with Crippen molar-refractivity contribution in [1.82, 2.24) is 29.5 Å². The van der Waals surface area contributed by atoms with E-state index in [9.17, 15) is 9.59 Å². The fraction of sp³-hybridized carbons (Fsp3) is 0.222. The van der Waals surface area contributed by atoms with Gasteiger partial charge in [0, 0.05) is 44.2 Å². The highest BCUT2D eigenvalue weighted by atomic mass is 16.5. The Morgan fingerprint density at radius 2 is 0.714 bits per heavy atom. The molecular formula is C81H76N6O4. The van der Waals surface area contributed by atoms with Crippen molar-refractivity contribution < 1.29 is 19.1 Å². The molecule has 9 aromatic carbocycles. The summed E-state index contributed by atoms with van der Waals surface area (Å²) in [6.07, 6.45) is 0. The van der Waals surface area contributed by atoms with Crippen molar-refractivity contribution in [2.45, 2.75) is 118 Å². The summed E-state index contributed by atoms with van der Waals surface area (Å²) in [6.45, 7) is 27.1. The maximum Gasteiger partial charge on any atom is 0.338 e. The average Bonchev–Trinajstić information content (AvgIpc) is 1.65. The van der Waals surface area contributed by atoms with Gasteiger partial charge in [0.25, 0.3) is 0 Å². The van der Waals surface area contributed by atoms with Crippen molar-refractivity contribution in [3.05, 3.63) is 263 Å². The van der Waals surface area contributed by atoms with E-state index in [4.69, 9.17) is 34.4 Å². The summed E-state index contributed by atoms with van der Waals surface area (Å²) >= 11 is 0. The van der Waals surface area contributed by atoms with Crippen molar-refractivity contribution in [3.63, 3.8) is 0 Å². The zero-order valence-electron chi connectivity index (χ0n) is 54.0. The largest absolute Gasteiger partial charge is 0.457 e. The Hall–Kier alpha value is -10.2. The number of carbonyl (C=O) groups is 2. The van der Waals surface area contributed by atoms with Gasteiger partial charge in [-0.05, 0) is 134 Å². The summed E-state index contributed by atoms with van der Waals surface area (Å²) in [4.78, 5) is 55.7. The average molecular weight is 1200 g/mol. The molecular weight excluding hydrogens is 1120 g/mol. The normalized spacial score (nSPS) is 12.1. The third-order valence-electron chi connectivity index (χ3n) is 16.7. The van der Waals surface area contributed by atoms with E-state index in [-0.39, 0.29) is 34.9 Å². The van der Waals surface area contributed by atoms with Gasteiger partial charge in [-0.2, -0.15) is 0 Å². The first kappa shape index (κ1) is 61.1. The number of hydrogen-bond acceptors (Lipinski definition) is 9. The SMILES string of the molecule is CC(C)(C)c1cc(-c2nc(-c3cc(C(C)(C)C)cc(C(C)(C)C)c3)nc(-c3cc(-c4cc(-c5ccccc5)nc(-c5ccccc5)n4)ccc3-n3c4ccc(C(=O)OCc5ccccc5)cc4c4cc(C(=O)OCc5ccccc5)ccc43)n2)cc(C(C)(C)C)c1. The fourth-order valence-electron chi connectivity index (χ4n) is 11.3. The van der Waals surface area contributed by atoms with E-state index in [2.05, 4.69) is 154 Å². The molecule has 10 nitrogen and oxygen atoms in total. The molecule has 3 heterocycles. The standard InChI is InChI=1S/C81H76N6O4/c1-78(2,3)60-39-58(40-61(46-60)79(4,5)6)73-84-74(59-41-62(80(7,8)9)47-63(42-59)81(10,11)12)86-75(85-73)66-43-55(68-48-67(53-29-21-15-22-30-53)82-72(83-68)54-31-23-16-24-32-54)33-36-71(66)87-69-37-34-56(76(88)90-49-51-25-17-13-18-26-51)44-64(69)65-45-57(35-38-70(65)87)77(89)91-50-52-27-19-14-20-28-52/h13-48H,49-50H2,1-12H3. The number of aromatic nitrogens is 6. The zero-order chi connectivity index (χ0) is 64.0. The minimum atomic E-state index is -0.481. The number of rotatable bonds is 13. The first-order chi connectivity index (χ1) is 43.4. The van der Waals surface area contributed by atoms with E-state index < -0.39 is 11.9 Å². The van der Waals surface area contributed by atoms with Crippen LogP contribution in [0, 0.1) is 0 Å². The Morgan fingerprint density at radius 1 is 0.341 bits per heavy atom. The monoisotopic (exact) mass is 1200 g/mol. The number of ether oxygens (including phenoxy) is 2. The minimum absolute atomic E-state index is 0.102. The Balaban J connectivity index is 1.16. The molecule has 0 saturated carbocycles. The molecule has 0 radical (unpaired) electrons. The lowest BCUT2D eigenvalue weighted by molar-refractivity contribution is 0.0464. The van der Waals surface area contributed by atoms with E-state index in [1.54, 1.807) is 12.1 Å². The van der Waals surface area contributed by atoms with Crippen LogP contribution in [-0.4, -0.2) is 41.4 Å². The first-order valence-electron chi connectivity index (χ1n) is 31.2. The molecule has 0 spiro atoms. The lowest BCUT2D eigenvalue weighted by atomic mass is 9.79. The van der Waals surface area contributed by atoms with Gasteiger partial charge in [-0.3, -0.25) is 0 Å². The minimum Gasteiger partial charge on any atom is -0.457 e. The summed E-state index contributed by atoms with van der Waals surface area (Å²) in [7, 11) is 0. The quantitative estimate of drug-likeness (QED) is 0.104. The molecule has 0 aliphatic carbocycles. The highest BCUT2D eigenvalue weighted by Crippen LogP contribution is 2.42. The maximum atomic E-state index is 14.2. The van der Waals surface area contributed by atoms with Crippen LogP contribution in [-0.2, 0) is 44.3 Å². The van der Waals surface area contributed by atoms with Gasteiger partial charge < -0.3 is 14.0 Å². The van der Waals surface area contributed by atoms with Crippen LogP contribution in [0.15, 0.2) is 218 Å². The van der Waals surface area contributed by atoms with Crippen LogP contribution in [0.2, 0.25) is 0 Å². The van der Waals surface area contributed by atoms with Crippen LogP contribution >= 0.6 is 0 Å². The summed E-state index contributed by atoms with van der Waals surface area (Å²) in [5.74, 6) is 1.08. The van der Waals surface area contributed by atoms with E-state index in [0.29, 0.717) is 56.5 Å². The predicted molar refractivity (Wildman–Crippen MR) is 368 cm³/mol. The van der Waals surface area contributed by atoms with Gasteiger partial charge in [0.2, 0.25) is 0 Å². The van der Waals surface area contributed by atoms with Crippen molar-refractivity contribution in [2.75, 3.05) is 0 Å². The molecule has 91 heavy (non-hydrogen) atoms. The third kappa shape index (κ3) is 13.3. The highest BCUT2D eigenvalue weighted by Gasteiger charge is 2.28. The Kier molecular flexibility index (Phi) is 16.3. The summed E-state index contributed by atoms with van der Waals surface area (Å²) in [5.41, 5.74) is 15.0. The number of fused-ring (bicyclic) bond motifs is 3. The highest BCUT2D eigenvalue weighted by molar-refractivity contribution is 6.13. The van der Waals surface area contributed by atoms with Gasteiger partial charge in [-0.25, -0.2) is 34.5 Å². The van der Waals surface area contributed by atoms with Gasteiger partial charge in [0.05, 0.1) is 39.2 Å². The molecule has 0 amide bonds. The number of esters is 2. The molecule has 12 rings (SSSR count). The smallest absolute Gasteiger partial charge is 0.338 e. The number of carbonyl (C=O) groups excluding carboxylic acids is 2. The number of hydrogen-bond donors (Lipinski definition) is 0. The predicted octanol–water partition coefficient (Wildman–Crippen LogP) is 19.7. The summed E-state index contributed by atoms with van der Waals surface area (Å²) in [5, 5.41) is 1.43. The number of benzene rings is 9. The topological polar surface area (TPSA) is 122 Å². The summed E-state index contributed by atoms with van der Waals surface area (Å²) in [6, 6.07) is 72.6. The lowest BCUT2D eigenvalue weighted by Crippen LogP contribution is -2.17. The lowest BCUT2D eigenvalue weighted by Gasteiger charge is -2.26. The van der Waals surface area contributed by atoms with Crippen LogP contribution in [0.4, 0.5) is 0 Å². The van der Waals surface area contributed by atoms with Gasteiger partial charge >= 0.3 is 11.9 Å². The van der Waals surface area contributed by atoms with E-state index in [1.165, 1.54) is 0 Å². The van der Waals surface area contributed by atoms with Gasteiger partial charge in [-0.15, -0.1) is 0 Å². The molecule has 12 aromatic rings. The van der Waals surface area contributed by atoms with Crippen LogP contribution in [0.25, 0.3) is 95.6 Å². The zero-order valence-corrected chi connectivity index (χ0v) is 54.0. The van der Waals surface area contributed by atoms with Crippen molar-refractivity contribution >= 4 is 33.7 Å². The van der Waals surface area contributed by atoms with Crippen molar-refractivity contribution in [3.8, 4) is 73.8 Å². The molecule has 0 bridgehead atoms. The molecule has 0 aliphatic rings. The molecule has 3 aromatic heterocycles. The summed E-state index contributed by atoms with van der Waals surface area (Å²) < 4.78 is 14.1. The first-order valence-corrected chi connectivity index (χ1v) is 31.2. The molecule has 0 fully saturated rings. The third-order valence-corrected chi connectivity index (χ3v) is 16.7. The van der Waals surface area contributed by atoms with E-state index in [0.717, 1.165) is 83.6 Å². The Morgan fingerprint density at radius 3 is 1.13 bits per heavy atom. The number of nitrogens with zero attached hydrogens (tertiary/aromatic N) is 6.